The Labute approximate surface area is 168 Å². The quantitative estimate of drug-likeness (QED) is 0.623. The van der Waals surface area contributed by atoms with Gasteiger partial charge in [0.15, 0.2) is 5.17 Å². The van der Waals surface area contributed by atoms with Crippen LogP contribution in [0.4, 0.5) is 5.69 Å². The van der Waals surface area contributed by atoms with E-state index >= 15 is 0 Å². The molecule has 0 atom stereocenters. The maximum atomic E-state index is 12.2. The number of rotatable bonds is 4. The predicted octanol–water partition coefficient (Wildman–Crippen LogP) is 5.25. The van der Waals surface area contributed by atoms with Gasteiger partial charge in [0.1, 0.15) is 5.75 Å². The highest BCUT2D eigenvalue weighted by Crippen LogP contribution is 2.29. The number of carbonyl (C=O) groups is 1. The average Bonchev–Trinajstić information content (AvgIpc) is 3.08. The van der Waals surface area contributed by atoms with Gasteiger partial charge in [0.2, 0.25) is 0 Å². The highest BCUT2D eigenvalue weighted by molar-refractivity contribution is 8.18. The van der Waals surface area contributed by atoms with Gasteiger partial charge < -0.3 is 10.1 Å². The molecule has 3 aromatic carbocycles. The fourth-order valence-electron chi connectivity index (χ4n) is 2.83. The number of aliphatic imine (C=N–C) groups is 1. The van der Waals surface area contributed by atoms with Crippen LogP contribution < -0.4 is 10.1 Å². The number of carbonyl (C=O) groups excluding carboxylic acids is 1. The number of para-hydroxylation sites is 1. The van der Waals surface area contributed by atoms with Gasteiger partial charge in [-0.2, -0.15) is 0 Å². The van der Waals surface area contributed by atoms with Gasteiger partial charge in [-0.25, -0.2) is 4.99 Å². The summed E-state index contributed by atoms with van der Waals surface area (Å²) in [6, 6.07) is 25.6. The van der Waals surface area contributed by atoms with E-state index in [2.05, 4.69) is 10.3 Å². The van der Waals surface area contributed by atoms with E-state index < -0.39 is 0 Å². The molecule has 0 unspecified atom stereocenters. The third-order valence-electron chi connectivity index (χ3n) is 4.25. The zero-order valence-corrected chi connectivity index (χ0v) is 16.1. The number of thioether (sulfide) groups is 1. The van der Waals surface area contributed by atoms with Crippen molar-refractivity contribution in [3.8, 4) is 16.9 Å². The second kappa shape index (κ2) is 8.15. The van der Waals surface area contributed by atoms with Crippen molar-refractivity contribution in [1.29, 1.82) is 0 Å². The molecular weight excluding hydrogens is 368 g/mol. The van der Waals surface area contributed by atoms with Crippen LogP contribution in [0.1, 0.15) is 5.56 Å². The lowest BCUT2D eigenvalue weighted by atomic mass is 10.0. The lowest BCUT2D eigenvalue weighted by Gasteiger charge is -2.05. The first kappa shape index (κ1) is 18.1. The summed E-state index contributed by atoms with van der Waals surface area (Å²) >= 11 is 1.35. The highest BCUT2D eigenvalue weighted by atomic mass is 32.2. The Bertz CT molecular complexity index is 1060. The maximum absolute atomic E-state index is 12.2. The van der Waals surface area contributed by atoms with E-state index in [1.165, 1.54) is 11.8 Å². The van der Waals surface area contributed by atoms with Crippen LogP contribution in [0, 0.1) is 0 Å². The Hall–Kier alpha value is -3.31. The molecule has 1 heterocycles. The van der Waals surface area contributed by atoms with E-state index in [0.717, 1.165) is 28.1 Å². The number of benzene rings is 3. The smallest absolute Gasteiger partial charge is 0.264 e. The van der Waals surface area contributed by atoms with Gasteiger partial charge in [0.05, 0.1) is 17.7 Å². The second-order valence-electron chi connectivity index (χ2n) is 6.17. The third kappa shape index (κ3) is 4.15. The lowest BCUT2D eigenvalue weighted by molar-refractivity contribution is -0.115. The third-order valence-corrected chi connectivity index (χ3v) is 5.16. The number of nitrogens with zero attached hydrogens (tertiary/aromatic N) is 1. The molecule has 5 heteroatoms. The monoisotopic (exact) mass is 386 g/mol. The van der Waals surface area contributed by atoms with Crippen molar-refractivity contribution in [2.75, 3.05) is 7.11 Å². The molecule has 1 aliphatic rings. The highest BCUT2D eigenvalue weighted by Gasteiger charge is 2.23. The molecule has 1 amide bonds. The van der Waals surface area contributed by atoms with Gasteiger partial charge in [-0.15, -0.1) is 0 Å². The molecule has 1 saturated heterocycles. The summed E-state index contributed by atoms with van der Waals surface area (Å²) in [4.78, 5) is 17.3. The number of amides is 1. The van der Waals surface area contributed by atoms with Gasteiger partial charge in [-0.3, -0.25) is 4.79 Å². The van der Waals surface area contributed by atoms with Crippen LogP contribution in [0.25, 0.3) is 17.2 Å². The van der Waals surface area contributed by atoms with Crippen LogP contribution in [0.2, 0.25) is 0 Å². The average molecular weight is 386 g/mol. The number of nitrogens with one attached hydrogen (secondary N) is 1. The molecule has 0 aromatic heterocycles. The molecule has 1 aliphatic heterocycles. The number of methoxy groups -OCH3 is 1. The summed E-state index contributed by atoms with van der Waals surface area (Å²) < 4.78 is 5.29. The van der Waals surface area contributed by atoms with Crippen LogP contribution in [-0.2, 0) is 4.79 Å². The fraction of sp³-hybridized carbons (Fsp3) is 0.0435. The first-order valence-electron chi connectivity index (χ1n) is 8.80. The minimum Gasteiger partial charge on any atom is -0.497 e. The maximum Gasteiger partial charge on any atom is 0.264 e. The Morgan fingerprint density at radius 3 is 2.46 bits per heavy atom. The predicted molar refractivity (Wildman–Crippen MR) is 116 cm³/mol. The zero-order chi connectivity index (χ0) is 19.3. The van der Waals surface area contributed by atoms with E-state index in [9.17, 15) is 4.79 Å². The van der Waals surface area contributed by atoms with Crippen molar-refractivity contribution in [3.05, 3.63) is 89.3 Å². The zero-order valence-electron chi connectivity index (χ0n) is 15.3. The molecule has 0 spiro atoms. The molecule has 28 heavy (non-hydrogen) atoms. The standard InChI is InChI=1S/C23H18N2O2S/c1-27-20-9-5-6-18(15-20)17-12-10-16(11-13-17)14-21-22(26)25-23(28-21)24-19-7-3-2-4-8-19/h2-15H,1H3,(H,24,25,26)/b21-14-. The van der Waals surface area contributed by atoms with E-state index in [1.807, 2.05) is 84.9 Å². The molecule has 4 nitrogen and oxygen atoms in total. The lowest BCUT2D eigenvalue weighted by Crippen LogP contribution is -2.19. The summed E-state index contributed by atoms with van der Waals surface area (Å²) in [6.07, 6.45) is 1.88. The number of ether oxygens (including phenoxy) is 1. The molecule has 0 aliphatic carbocycles. The fourth-order valence-corrected chi connectivity index (χ4v) is 3.67. The minimum absolute atomic E-state index is 0.128. The van der Waals surface area contributed by atoms with Crippen molar-refractivity contribution in [2.24, 2.45) is 4.99 Å². The normalized spacial score (nSPS) is 16.4. The topological polar surface area (TPSA) is 50.7 Å². The molecule has 3 aromatic rings. The molecule has 1 N–H and O–H groups in total. The molecule has 0 saturated carbocycles. The van der Waals surface area contributed by atoms with Crippen molar-refractivity contribution in [1.82, 2.24) is 5.32 Å². The van der Waals surface area contributed by atoms with Gasteiger partial charge in [0.25, 0.3) is 5.91 Å². The number of hydrogen-bond acceptors (Lipinski definition) is 4. The van der Waals surface area contributed by atoms with Crippen molar-refractivity contribution >= 4 is 34.6 Å². The van der Waals surface area contributed by atoms with E-state index in [0.29, 0.717) is 10.1 Å². The van der Waals surface area contributed by atoms with E-state index in [-0.39, 0.29) is 5.91 Å². The van der Waals surface area contributed by atoms with Crippen LogP contribution in [0.5, 0.6) is 5.75 Å². The largest absolute Gasteiger partial charge is 0.497 e. The Morgan fingerprint density at radius 2 is 1.71 bits per heavy atom. The summed E-state index contributed by atoms with van der Waals surface area (Å²) in [5.41, 5.74) is 3.96. The minimum atomic E-state index is -0.128. The van der Waals surface area contributed by atoms with Gasteiger partial charge in [-0.1, -0.05) is 54.6 Å². The molecule has 4 rings (SSSR count). The Balaban J connectivity index is 1.52. The van der Waals surface area contributed by atoms with Crippen molar-refractivity contribution in [3.63, 3.8) is 0 Å². The molecule has 138 valence electrons. The van der Waals surface area contributed by atoms with Gasteiger partial charge in [0, 0.05) is 0 Å². The Kier molecular flexibility index (Phi) is 5.26. The Morgan fingerprint density at radius 1 is 0.929 bits per heavy atom. The molecular formula is C23H18N2O2S. The first-order valence-corrected chi connectivity index (χ1v) is 9.62. The van der Waals surface area contributed by atoms with Gasteiger partial charge in [-0.05, 0) is 58.8 Å². The van der Waals surface area contributed by atoms with Crippen molar-refractivity contribution in [2.45, 2.75) is 0 Å². The molecule has 0 radical (unpaired) electrons. The van der Waals surface area contributed by atoms with E-state index in [4.69, 9.17) is 4.74 Å². The van der Waals surface area contributed by atoms with Crippen LogP contribution >= 0.6 is 11.8 Å². The SMILES string of the molecule is COc1cccc(-c2ccc(/C=C3\SC(=Nc4ccccc4)NC3=O)cc2)c1. The van der Waals surface area contributed by atoms with E-state index in [1.54, 1.807) is 7.11 Å². The molecule has 1 fully saturated rings. The number of hydrogen-bond donors (Lipinski definition) is 1. The summed E-state index contributed by atoms with van der Waals surface area (Å²) in [5.74, 6) is 0.699. The second-order valence-corrected chi connectivity index (χ2v) is 7.20. The van der Waals surface area contributed by atoms with Crippen LogP contribution in [0.15, 0.2) is 88.8 Å². The first-order chi connectivity index (χ1) is 13.7. The summed E-state index contributed by atoms with van der Waals surface area (Å²) in [7, 11) is 1.66. The van der Waals surface area contributed by atoms with Crippen LogP contribution in [-0.4, -0.2) is 18.2 Å². The van der Waals surface area contributed by atoms with Crippen molar-refractivity contribution < 1.29 is 9.53 Å². The summed E-state index contributed by atoms with van der Waals surface area (Å²) in [5, 5.41) is 3.41. The van der Waals surface area contributed by atoms with Gasteiger partial charge >= 0.3 is 0 Å². The summed E-state index contributed by atoms with van der Waals surface area (Å²) in [6.45, 7) is 0. The number of amidine groups is 1. The van der Waals surface area contributed by atoms with Crippen LogP contribution in [0.3, 0.4) is 0 Å². The molecule has 0 bridgehead atoms.